The number of benzene rings is 2. The summed E-state index contributed by atoms with van der Waals surface area (Å²) in [6.45, 7) is 1.90. The highest BCUT2D eigenvalue weighted by Gasteiger charge is 2.22. The quantitative estimate of drug-likeness (QED) is 0.515. The van der Waals surface area contributed by atoms with Gasteiger partial charge in [-0.2, -0.15) is 0 Å². The molecule has 0 saturated heterocycles. The minimum absolute atomic E-state index is 0.234. The van der Waals surface area contributed by atoms with Crippen molar-refractivity contribution in [3.8, 4) is 11.5 Å². The summed E-state index contributed by atoms with van der Waals surface area (Å²) in [6.07, 6.45) is 1.30. The summed E-state index contributed by atoms with van der Waals surface area (Å²) in [7, 11) is 2.81. The summed E-state index contributed by atoms with van der Waals surface area (Å²) in [5.74, 6) is -0.173. The van der Waals surface area contributed by atoms with Gasteiger partial charge in [0.25, 0.3) is 5.91 Å². The van der Waals surface area contributed by atoms with E-state index in [1.165, 1.54) is 7.11 Å². The van der Waals surface area contributed by atoms with E-state index in [-0.39, 0.29) is 12.4 Å². The van der Waals surface area contributed by atoms with E-state index in [1.807, 2.05) is 6.92 Å². The van der Waals surface area contributed by atoms with E-state index >= 15 is 0 Å². The molecular formula is C22H25NO6. The molecule has 2 rings (SSSR count). The number of amides is 1. The zero-order valence-electron chi connectivity index (χ0n) is 16.8. The molecule has 1 amide bonds. The Hall–Kier alpha value is -3.35. The molecule has 0 aromatic heterocycles. The fourth-order valence-corrected chi connectivity index (χ4v) is 2.64. The summed E-state index contributed by atoms with van der Waals surface area (Å²) < 4.78 is 15.1. The normalized spacial score (nSPS) is 11.3. The Balaban J connectivity index is 2.05. The van der Waals surface area contributed by atoms with E-state index in [2.05, 4.69) is 5.32 Å². The first kappa shape index (κ1) is 21.9. The summed E-state index contributed by atoms with van der Waals surface area (Å²) in [4.78, 5) is 36.2. The molecule has 0 radical (unpaired) electrons. The van der Waals surface area contributed by atoms with Crippen molar-refractivity contribution in [1.82, 2.24) is 5.32 Å². The van der Waals surface area contributed by atoms with Gasteiger partial charge in [0.05, 0.1) is 14.2 Å². The maximum atomic E-state index is 12.5. The minimum Gasteiger partial charge on any atom is -0.497 e. The molecule has 1 atom stereocenters. The topological polar surface area (TPSA) is 90.9 Å². The van der Waals surface area contributed by atoms with Crippen molar-refractivity contribution in [3.63, 3.8) is 0 Å². The molecule has 0 heterocycles. The number of hydrogen-bond donors (Lipinski definition) is 1. The summed E-state index contributed by atoms with van der Waals surface area (Å²) in [5.41, 5.74) is 1.18. The molecule has 0 spiro atoms. The van der Waals surface area contributed by atoms with Crippen LogP contribution in [-0.2, 0) is 20.7 Å². The van der Waals surface area contributed by atoms with E-state index in [9.17, 15) is 14.4 Å². The van der Waals surface area contributed by atoms with Crippen molar-refractivity contribution in [1.29, 1.82) is 0 Å². The van der Waals surface area contributed by atoms with Gasteiger partial charge in [0.1, 0.15) is 17.5 Å². The van der Waals surface area contributed by atoms with Crippen LogP contribution in [0.15, 0.2) is 48.5 Å². The van der Waals surface area contributed by atoms with Crippen LogP contribution in [0.25, 0.3) is 0 Å². The Morgan fingerprint density at radius 2 is 1.55 bits per heavy atom. The molecule has 0 bridgehead atoms. The van der Waals surface area contributed by atoms with Gasteiger partial charge >= 0.3 is 11.9 Å². The standard InChI is InChI=1S/C22H25NO6/c1-4-5-20(24)29-18-10-6-15(7-11-18)14-19(22(26)28-3)23-21(25)16-8-12-17(27-2)13-9-16/h6-13,19H,4-5,14H2,1-3H3,(H,23,25). The van der Waals surface area contributed by atoms with Gasteiger partial charge < -0.3 is 19.5 Å². The van der Waals surface area contributed by atoms with Crippen molar-refractivity contribution >= 4 is 17.8 Å². The lowest BCUT2D eigenvalue weighted by Gasteiger charge is -2.17. The second kappa shape index (κ2) is 10.8. The van der Waals surface area contributed by atoms with E-state index in [0.717, 1.165) is 5.56 Å². The number of methoxy groups -OCH3 is 2. The average molecular weight is 399 g/mol. The fourth-order valence-electron chi connectivity index (χ4n) is 2.64. The average Bonchev–Trinajstić information content (AvgIpc) is 2.74. The van der Waals surface area contributed by atoms with Crippen LogP contribution in [0, 0.1) is 0 Å². The largest absolute Gasteiger partial charge is 0.497 e. The number of carbonyl (C=O) groups excluding carboxylic acids is 3. The Morgan fingerprint density at radius 1 is 0.931 bits per heavy atom. The van der Waals surface area contributed by atoms with E-state index in [1.54, 1.807) is 55.6 Å². The van der Waals surface area contributed by atoms with Crippen molar-refractivity contribution in [2.75, 3.05) is 14.2 Å². The lowest BCUT2D eigenvalue weighted by Crippen LogP contribution is -2.43. The minimum atomic E-state index is -0.858. The molecule has 154 valence electrons. The highest BCUT2D eigenvalue weighted by atomic mass is 16.5. The Morgan fingerprint density at radius 3 is 2.10 bits per heavy atom. The number of nitrogens with one attached hydrogen (secondary N) is 1. The van der Waals surface area contributed by atoms with Crippen LogP contribution in [0.5, 0.6) is 11.5 Å². The van der Waals surface area contributed by atoms with E-state index < -0.39 is 17.9 Å². The van der Waals surface area contributed by atoms with Crippen molar-refractivity contribution in [2.24, 2.45) is 0 Å². The number of carbonyl (C=O) groups is 3. The first-order valence-electron chi connectivity index (χ1n) is 9.29. The Bertz CT molecular complexity index is 829. The number of ether oxygens (including phenoxy) is 3. The van der Waals surface area contributed by atoms with Gasteiger partial charge in [0, 0.05) is 18.4 Å². The molecule has 29 heavy (non-hydrogen) atoms. The third kappa shape index (κ3) is 6.64. The first-order valence-corrected chi connectivity index (χ1v) is 9.29. The van der Waals surface area contributed by atoms with Crippen LogP contribution in [0.1, 0.15) is 35.7 Å². The summed E-state index contributed by atoms with van der Waals surface area (Å²) in [6, 6.07) is 12.5. The molecule has 0 fully saturated rings. The molecule has 1 unspecified atom stereocenters. The summed E-state index contributed by atoms with van der Waals surface area (Å²) in [5, 5.41) is 2.69. The highest BCUT2D eigenvalue weighted by Crippen LogP contribution is 2.16. The van der Waals surface area contributed by atoms with Crippen LogP contribution in [0.2, 0.25) is 0 Å². The van der Waals surface area contributed by atoms with Gasteiger partial charge in [-0.1, -0.05) is 19.1 Å². The number of esters is 2. The predicted octanol–water partition coefficient (Wildman–Crippen LogP) is 2.91. The third-order valence-corrected chi connectivity index (χ3v) is 4.19. The van der Waals surface area contributed by atoms with Gasteiger partial charge in [-0.25, -0.2) is 4.79 Å². The Kier molecular flexibility index (Phi) is 8.21. The van der Waals surface area contributed by atoms with Gasteiger partial charge in [-0.15, -0.1) is 0 Å². The second-order valence-electron chi connectivity index (χ2n) is 6.35. The van der Waals surface area contributed by atoms with Gasteiger partial charge in [-0.05, 0) is 48.4 Å². The summed E-state index contributed by atoms with van der Waals surface area (Å²) >= 11 is 0. The molecule has 0 saturated carbocycles. The van der Waals surface area contributed by atoms with Gasteiger partial charge in [0.15, 0.2) is 0 Å². The van der Waals surface area contributed by atoms with Gasteiger partial charge in [-0.3, -0.25) is 9.59 Å². The second-order valence-corrected chi connectivity index (χ2v) is 6.35. The molecule has 1 N–H and O–H groups in total. The molecular weight excluding hydrogens is 374 g/mol. The molecule has 0 aliphatic rings. The molecule has 7 nitrogen and oxygen atoms in total. The van der Waals surface area contributed by atoms with Crippen LogP contribution in [0.3, 0.4) is 0 Å². The maximum absolute atomic E-state index is 12.5. The SMILES string of the molecule is CCCC(=O)Oc1ccc(CC(NC(=O)c2ccc(OC)cc2)C(=O)OC)cc1. The first-order chi connectivity index (χ1) is 14.0. The third-order valence-electron chi connectivity index (χ3n) is 4.19. The van der Waals surface area contributed by atoms with Crippen molar-refractivity contribution < 1.29 is 28.6 Å². The molecule has 2 aromatic rings. The van der Waals surface area contributed by atoms with Crippen LogP contribution < -0.4 is 14.8 Å². The lowest BCUT2D eigenvalue weighted by molar-refractivity contribution is -0.142. The van der Waals surface area contributed by atoms with E-state index in [4.69, 9.17) is 14.2 Å². The van der Waals surface area contributed by atoms with Crippen molar-refractivity contribution in [3.05, 3.63) is 59.7 Å². The smallest absolute Gasteiger partial charge is 0.328 e. The van der Waals surface area contributed by atoms with Gasteiger partial charge in [0.2, 0.25) is 0 Å². The van der Waals surface area contributed by atoms with Crippen LogP contribution in [0.4, 0.5) is 0 Å². The predicted molar refractivity (Wildman–Crippen MR) is 107 cm³/mol. The van der Waals surface area contributed by atoms with Crippen molar-refractivity contribution in [2.45, 2.75) is 32.2 Å². The van der Waals surface area contributed by atoms with Crippen LogP contribution >= 0.6 is 0 Å². The zero-order chi connectivity index (χ0) is 21.2. The number of hydrogen-bond acceptors (Lipinski definition) is 6. The maximum Gasteiger partial charge on any atom is 0.328 e. The zero-order valence-corrected chi connectivity index (χ0v) is 16.8. The lowest BCUT2D eigenvalue weighted by atomic mass is 10.0. The molecule has 7 heteroatoms. The van der Waals surface area contributed by atoms with E-state index in [0.29, 0.717) is 29.9 Å². The molecule has 0 aliphatic carbocycles. The molecule has 2 aromatic carbocycles. The monoisotopic (exact) mass is 399 g/mol. The fraction of sp³-hybridized carbons (Fsp3) is 0.318. The molecule has 0 aliphatic heterocycles. The highest BCUT2D eigenvalue weighted by molar-refractivity contribution is 5.96. The van der Waals surface area contributed by atoms with Crippen LogP contribution in [-0.4, -0.2) is 38.1 Å². The Labute approximate surface area is 170 Å². The number of rotatable bonds is 9.